The Hall–Kier alpha value is -4.22. The number of aliphatic carboxylic acids is 1. The minimum atomic E-state index is -1.16. The second kappa shape index (κ2) is 9.68. The number of aryl methyl sites for hydroxylation is 1. The van der Waals surface area contributed by atoms with Gasteiger partial charge in [0.1, 0.15) is 11.1 Å². The fraction of sp³-hybridized carbons (Fsp3) is 0.154. The van der Waals surface area contributed by atoms with E-state index in [1.165, 1.54) is 27.7 Å². The summed E-state index contributed by atoms with van der Waals surface area (Å²) in [6, 6.07) is 19.0. The van der Waals surface area contributed by atoms with Gasteiger partial charge >= 0.3 is 11.9 Å². The quantitative estimate of drug-likeness (QED) is 0.319. The van der Waals surface area contributed by atoms with E-state index in [2.05, 4.69) is 25.6 Å². The molecule has 0 saturated carbocycles. The Labute approximate surface area is 220 Å². The number of hydrogen-bond donors (Lipinski definition) is 2. The summed E-state index contributed by atoms with van der Waals surface area (Å²) in [6.07, 6.45) is 0. The number of amides is 1. The lowest BCUT2D eigenvalue weighted by Gasteiger charge is -2.17. The Morgan fingerprint density at radius 1 is 1.03 bits per heavy atom. The zero-order valence-electron chi connectivity index (χ0n) is 20.2. The molecular formula is C26H22N6O3S2. The van der Waals surface area contributed by atoms with Gasteiger partial charge in [-0.15, -0.1) is 22.7 Å². The fourth-order valence-corrected chi connectivity index (χ4v) is 5.44. The maximum atomic E-state index is 13.5. The standard InChI is InChI=1S/C26H22N6O3S2/c1-15-21(26(2,3)23(34)35)28-24(37-15)30-29-20-19(17-12-8-5-9-13-17)31-32(22(20)33)25-27-18(14-36-25)16-10-6-4-7-11-16/h4-14H,1-3H3,(H,28,30)(H,34,35)/b29-20-. The van der Waals surface area contributed by atoms with Crippen molar-refractivity contribution in [3.63, 3.8) is 0 Å². The van der Waals surface area contributed by atoms with Gasteiger partial charge in [0.15, 0.2) is 5.71 Å². The van der Waals surface area contributed by atoms with Crippen LogP contribution in [0.3, 0.4) is 0 Å². The molecule has 4 aromatic rings. The molecule has 0 radical (unpaired) electrons. The van der Waals surface area contributed by atoms with Gasteiger partial charge in [0.25, 0.3) is 0 Å². The molecule has 1 amide bonds. The number of carboxylic acid groups (broad SMARTS) is 1. The largest absolute Gasteiger partial charge is 0.481 e. The maximum absolute atomic E-state index is 13.5. The second-order valence-corrected chi connectivity index (χ2v) is 10.8. The van der Waals surface area contributed by atoms with Crippen LogP contribution < -0.4 is 10.4 Å². The van der Waals surface area contributed by atoms with Crippen molar-refractivity contribution in [2.75, 3.05) is 10.4 Å². The first-order valence-electron chi connectivity index (χ1n) is 11.3. The third-order valence-electron chi connectivity index (χ3n) is 5.80. The van der Waals surface area contributed by atoms with Crippen LogP contribution in [-0.4, -0.2) is 38.4 Å². The summed E-state index contributed by atoms with van der Waals surface area (Å²) in [5, 5.41) is 22.5. The van der Waals surface area contributed by atoms with Gasteiger partial charge in [0.2, 0.25) is 10.3 Å². The molecular weight excluding hydrogens is 508 g/mol. The molecule has 1 aliphatic rings. The third kappa shape index (κ3) is 4.66. The van der Waals surface area contributed by atoms with Gasteiger partial charge in [-0.3, -0.25) is 15.0 Å². The van der Waals surface area contributed by atoms with Crippen molar-refractivity contribution in [2.24, 2.45) is 10.2 Å². The van der Waals surface area contributed by atoms with Crippen LogP contribution in [0.15, 0.2) is 76.2 Å². The Balaban J connectivity index is 1.48. The zero-order valence-corrected chi connectivity index (χ0v) is 21.8. The molecule has 0 unspecified atom stereocenters. The summed E-state index contributed by atoms with van der Waals surface area (Å²) >= 11 is 2.59. The molecule has 0 bridgehead atoms. The van der Waals surface area contributed by atoms with E-state index in [0.717, 1.165) is 21.7 Å². The van der Waals surface area contributed by atoms with Crippen molar-refractivity contribution < 1.29 is 14.7 Å². The van der Waals surface area contributed by atoms with Crippen molar-refractivity contribution in [1.29, 1.82) is 0 Å². The van der Waals surface area contributed by atoms with Crippen molar-refractivity contribution in [2.45, 2.75) is 26.2 Å². The molecule has 0 fully saturated rings. The summed E-state index contributed by atoms with van der Waals surface area (Å²) < 4.78 is 0. The number of carboxylic acids is 1. The molecule has 0 aliphatic carbocycles. The molecule has 11 heteroatoms. The topological polar surface area (TPSA) is 120 Å². The smallest absolute Gasteiger partial charge is 0.315 e. The summed E-state index contributed by atoms with van der Waals surface area (Å²) in [5.74, 6) is -1.41. The van der Waals surface area contributed by atoms with E-state index in [1.54, 1.807) is 13.8 Å². The van der Waals surface area contributed by atoms with Gasteiger partial charge in [-0.05, 0) is 20.8 Å². The lowest BCUT2D eigenvalue weighted by Crippen LogP contribution is -2.29. The average Bonchev–Trinajstić information content (AvgIpc) is 3.61. The van der Waals surface area contributed by atoms with Crippen LogP contribution in [0.25, 0.3) is 11.3 Å². The number of nitrogens with zero attached hydrogens (tertiary/aromatic N) is 5. The highest BCUT2D eigenvalue weighted by molar-refractivity contribution is 7.15. The Morgan fingerprint density at radius 2 is 1.68 bits per heavy atom. The van der Waals surface area contributed by atoms with Gasteiger partial charge in [0, 0.05) is 21.4 Å². The number of hydrogen-bond acceptors (Lipinski definition) is 9. The molecule has 5 rings (SSSR count). The number of carbonyl (C=O) groups is 2. The third-order valence-corrected chi connectivity index (χ3v) is 7.49. The predicted molar refractivity (Wildman–Crippen MR) is 147 cm³/mol. The van der Waals surface area contributed by atoms with Crippen LogP contribution in [0.4, 0.5) is 10.3 Å². The van der Waals surface area contributed by atoms with Gasteiger partial charge in [-0.25, -0.2) is 9.97 Å². The monoisotopic (exact) mass is 530 g/mol. The number of hydrazone groups is 2. The molecule has 1 aliphatic heterocycles. The van der Waals surface area contributed by atoms with E-state index in [0.29, 0.717) is 21.7 Å². The number of anilines is 2. The van der Waals surface area contributed by atoms with E-state index in [-0.39, 0.29) is 5.71 Å². The predicted octanol–water partition coefficient (Wildman–Crippen LogP) is 5.16. The Kier molecular flexibility index (Phi) is 6.40. The minimum Gasteiger partial charge on any atom is -0.481 e. The first-order valence-corrected chi connectivity index (χ1v) is 13.0. The number of carbonyl (C=O) groups excluding carboxylic acids is 1. The van der Waals surface area contributed by atoms with Crippen LogP contribution in [0, 0.1) is 6.92 Å². The molecule has 37 heavy (non-hydrogen) atoms. The molecule has 186 valence electrons. The van der Waals surface area contributed by atoms with Crippen LogP contribution in [0.5, 0.6) is 0 Å². The highest BCUT2D eigenvalue weighted by Crippen LogP contribution is 2.33. The van der Waals surface area contributed by atoms with E-state index in [4.69, 9.17) is 0 Å². The van der Waals surface area contributed by atoms with E-state index in [9.17, 15) is 14.7 Å². The van der Waals surface area contributed by atoms with Gasteiger partial charge in [-0.2, -0.15) is 15.2 Å². The first kappa shape index (κ1) is 24.5. The van der Waals surface area contributed by atoms with Crippen molar-refractivity contribution in [3.05, 3.63) is 82.2 Å². The summed E-state index contributed by atoms with van der Waals surface area (Å²) in [6.45, 7) is 5.01. The van der Waals surface area contributed by atoms with E-state index >= 15 is 0 Å². The highest BCUT2D eigenvalue weighted by atomic mass is 32.1. The van der Waals surface area contributed by atoms with Crippen LogP contribution >= 0.6 is 22.7 Å². The first-order chi connectivity index (χ1) is 17.8. The minimum absolute atomic E-state index is 0.106. The van der Waals surface area contributed by atoms with Crippen molar-refractivity contribution in [3.8, 4) is 11.3 Å². The molecule has 0 spiro atoms. The summed E-state index contributed by atoms with van der Waals surface area (Å²) in [5.41, 5.74) is 5.05. The number of benzene rings is 2. The second-order valence-electron chi connectivity index (χ2n) is 8.74. The van der Waals surface area contributed by atoms with Gasteiger partial charge in [-0.1, -0.05) is 60.7 Å². The molecule has 2 aromatic carbocycles. The lowest BCUT2D eigenvalue weighted by atomic mass is 9.89. The Morgan fingerprint density at radius 3 is 2.32 bits per heavy atom. The number of thiazole rings is 2. The van der Waals surface area contributed by atoms with Crippen LogP contribution in [-0.2, 0) is 15.0 Å². The SMILES string of the molecule is Cc1sc(N/N=C2\C(=O)N(c3nc(-c4ccccc4)cs3)N=C2c2ccccc2)nc1C(C)(C)C(=O)O. The molecule has 2 N–H and O–H groups in total. The van der Waals surface area contributed by atoms with Gasteiger partial charge < -0.3 is 5.11 Å². The van der Waals surface area contributed by atoms with E-state index in [1.807, 2.05) is 73.0 Å². The average molecular weight is 531 g/mol. The molecule has 0 atom stereocenters. The van der Waals surface area contributed by atoms with Crippen LogP contribution in [0.1, 0.15) is 30.0 Å². The number of aromatic nitrogens is 2. The maximum Gasteiger partial charge on any atom is 0.315 e. The zero-order chi connectivity index (χ0) is 26.2. The molecule has 3 heterocycles. The number of rotatable bonds is 7. The normalized spacial score (nSPS) is 14.8. The molecule has 2 aromatic heterocycles. The molecule has 0 saturated heterocycles. The number of nitrogens with one attached hydrogen (secondary N) is 1. The lowest BCUT2D eigenvalue weighted by molar-refractivity contribution is -0.142. The van der Waals surface area contributed by atoms with Gasteiger partial charge in [0.05, 0.1) is 11.4 Å². The van der Waals surface area contributed by atoms with Crippen molar-refractivity contribution in [1.82, 2.24) is 9.97 Å². The Bertz CT molecular complexity index is 1540. The molecule has 9 nitrogen and oxygen atoms in total. The van der Waals surface area contributed by atoms with E-state index < -0.39 is 17.3 Å². The fourth-order valence-electron chi connectivity index (χ4n) is 3.75. The summed E-state index contributed by atoms with van der Waals surface area (Å²) in [7, 11) is 0. The van der Waals surface area contributed by atoms with Crippen molar-refractivity contribution >= 4 is 56.2 Å². The highest BCUT2D eigenvalue weighted by Gasteiger charge is 2.37. The van der Waals surface area contributed by atoms with Crippen LogP contribution in [0.2, 0.25) is 0 Å². The summed E-state index contributed by atoms with van der Waals surface area (Å²) in [4.78, 5) is 35.0.